The van der Waals surface area contributed by atoms with Gasteiger partial charge in [0.1, 0.15) is 5.15 Å². The molecule has 0 saturated carbocycles. The summed E-state index contributed by atoms with van der Waals surface area (Å²) in [6, 6.07) is 9.01. The average Bonchev–Trinajstić information content (AvgIpc) is 2.97. The van der Waals surface area contributed by atoms with Gasteiger partial charge < -0.3 is 5.32 Å². The molecule has 2 aromatic heterocycles. The summed E-state index contributed by atoms with van der Waals surface area (Å²) in [6.07, 6.45) is 0. The number of halogens is 1. The molecule has 0 radical (unpaired) electrons. The number of amides is 1. The third kappa shape index (κ3) is 2.64. The lowest BCUT2D eigenvalue weighted by atomic mass is 10.1. The molecule has 3 aromatic rings. The van der Waals surface area contributed by atoms with Gasteiger partial charge in [0.2, 0.25) is 0 Å². The van der Waals surface area contributed by atoms with E-state index in [0.717, 1.165) is 11.1 Å². The fraction of sp³-hybridized carbons (Fsp3) is 0.0714. The molecule has 3 rings (SSSR count). The lowest BCUT2D eigenvalue weighted by Crippen LogP contribution is -2.23. The van der Waals surface area contributed by atoms with Gasteiger partial charge >= 0.3 is 0 Å². The number of carbonyl (C=O) groups is 1. The maximum absolute atomic E-state index is 12.3. The number of carbonyl (C=O) groups excluding carboxylic acids is 1. The summed E-state index contributed by atoms with van der Waals surface area (Å²) in [5.41, 5.74) is 3.81. The van der Waals surface area contributed by atoms with Gasteiger partial charge in [0.25, 0.3) is 5.91 Å². The first-order valence-electron chi connectivity index (χ1n) is 5.94. The van der Waals surface area contributed by atoms with Crippen LogP contribution in [-0.4, -0.2) is 15.9 Å². The highest BCUT2D eigenvalue weighted by Gasteiger charge is 2.12. The number of hydrogen-bond acceptors (Lipinski definition) is 4. The van der Waals surface area contributed by atoms with Crippen molar-refractivity contribution < 1.29 is 4.79 Å². The number of pyridine rings is 1. The molecule has 0 saturated heterocycles. The molecule has 0 unspecified atom stereocenters. The van der Waals surface area contributed by atoms with Gasteiger partial charge in [-0.2, -0.15) is 0 Å². The number of rotatable bonds is 3. The summed E-state index contributed by atoms with van der Waals surface area (Å²) >= 11 is 7.46. The van der Waals surface area contributed by atoms with Crippen LogP contribution in [0.5, 0.6) is 0 Å². The van der Waals surface area contributed by atoms with E-state index in [2.05, 4.69) is 15.3 Å². The van der Waals surface area contributed by atoms with Crippen LogP contribution < -0.4 is 5.32 Å². The van der Waals surface area contributed by atoms with Crippen LogP contribution in [0, 0.1) is 0 Å². The third-order valence-electron chi connectivity index (χ3n) is 2.84. The monoisotopic (exact) mass is 303 g/mol. The molecule has 0 aliphatic heterocycles. The van der Waals surface area contributed by atoms with E-state index in [1.807, 2.05) is 29.6 Å². The van der Waals surface area contributed by atoms with E-state index < -0.39 is 0 Å². The highest BCUT2D eigenvalue weighted by Crippen LogP contribution is 2.20. The molecule has 0 spiro atoms. The van der Waals surface area contributed by atoms with Gasteiger partial charge in [-0.1, -0.05) is 29.8 Å². The normalized spacial score (nSPS) is 10.7. The number of nitrogens with zero attached hydrogens (tertiary/aromatic N) is 2. The Kier molecular flexibility index (Phi) is 3.62. The highest BCUT2D eigenvalue weighted by molar-refractivity contribution is 7.07. The molecule has 0 atom stereocenters. The molecule has 0 aliphatic carbocycles. The molecule has 2 heterocycles. The van der Waals surface area contributed by atoms with Crippen molar-refractivity contribution in [3.05, 3.63) is 57.6 Å². The number of benzene rings is 1. The number of aromatic nitrogens is 2. The third-order valence-corrected chi connectivity index (χ3v) is 3.67. The van der Waals surface area contributed by atoms with Gasteiger partial charge in [-0.3, -0.25) is 4.79 Å². The number of nitrogens with one attached hydrogen (secondary N) is 1. The fourth-order valence-electron chi connectivity index (χ4n) is 1.92. The second-order valence-electron chi connectivity index (χ2n) is 4.17. The van der Waals surface area contributed by atoms with Crippen LogP contribution in [-0.2, 0) is 6.54 Å². The van der Waals surface area contributed by atoms with Gasteiger partial charge in [0.05, 0.1) is 28.8 Å². The van der Waals surface area contributed by atoms with E-state index in [1.54, 1.807) is 11.6 Å². The Hall–Kier alpha value is -1.98. The molecule has 6 heteroatoms. The van der Waals surface area contributed by atoms with Crippen molar-refractivity contribution in [2.75, 3.05) is 0 Å². The first-order chi connectivity index (χ1) is 9.74. The minimum Gasteiger partial charge on any atom is -0.346 e. The molecule has 4 nitrogen and oxygen atoms in total. The van der Waals surface area contributed by atoms with Crippen LogP contribution in [0.4, 0.5) is 0 Å². The highest BCUT2D eigenvalue weighted by atomic mass is 35.5. The molecule has 1 aromatic carbocycles. The lowest BCUT2D eigenvalue weighted by molar-refractivity contribution is 0.0952. The minimum absolute atomic E-state index is 0.182. The largest absolute Gasteiger partial charge is 0.346 e. The minimum atomic E-state index is -0.182. The molecular formula is C14H10ClN3OS. The van der Waals surface area contributed by atoms with Gasteiger partial charge in [-0.25, -0.2) is 9.97 Å². The van der Waals surface area contributed by atoms with E-state index in [0.29, 0.717) is 22.8 Å². The summed E-state index contributed by atoms with van der Waals surface area (Å²) in [4.78, 5) is 20.6. The van der Waals surface area contributed by atoms with E-state index in [9.17, 15) is 4.79 Å². The van der Waals surface area contributed by atoms with E-state index in [1.165, 1.54) is 11.3 Å². The van der Waals surface area contributed by atoms with E-state index in [4.69, 9.17) is 11.6 Å². The molecule has 1 amide bonds. The zero-order chi connectivity index (χ0) is 13.9. The second kappa shape index (κ2) is 5.56. The van der Waals surface area contributed by atoms with Crippen molar-refractivity contribution in [2.45, 2.75) is 6.54 Å². The van der Waals surface area contributed by atoms with Crippen LogP contribution in [0.1, 0.15) is 16.1 Å². The summed E-state index contributed by atoms with van der Waals surface area (Å²) in [5.74, 6) is -0.182. The Labute approximate surface area is 124 Å². The Balaban J connectivity index is 1.90. The summed E-state index contributed by atoms with van der Waals surface area (Å²) in [5, 5.41) is 5.83. The fourth-order valence-corrected chi connectivity index (χ4v) is 2.68. The van der Waals surface area contributed by atoms with Crippen molar-refractivity contribution >= 4 is 39.7 Å². The zero-order valence-electron chi connectivity index (χ0n) is 10.3. The van der Waals surface area contributed by atoms with Gasteiger partial charge in [-0.05, 0) is 12.1 Å². The number of hydrogen-bond donors (Lipinski definition) is 1. The molecule has 1 N–H and O–H groups in total. The Morgan fingerprint density at radius 3 is 3.00 bits per heavy atom. The Morgan fingerprint density at radius 1 is 1.35 bits per heavy atom. The number of fused-ring (bicyclic) bond motifs is 1. The van der Waals surface area contributed by atoms with Crippen molar-refractivity contribution in [3.8, 4) is 0 Å². The topological polar surface area (TPSA) is 54.9 Å². The SMILES string of the molecule is O=C(NCc1cscn1)c1cc(Cl)nc2ccccc12. The van der Waals surface area contributed by atoms with Gasteiger partial charge in [0.15, 0.2) is 0 Å². The zero-order valence-corrected chi connectivity index (χ0v) is 11.9. The molecular weight excluding hydrogens is 294 g/mol. The number of para-hydroxylation sites is 1. The molecule has 0 bridgehead atoms. The van der Waals surface area contributed by atoms with E-state index >= 15 is 0 Å². The number of thiazole rings is 1. The van der Waals surface area contributed by atoms with Crippen LogP contribution in [0.25, 0.3) is 10.9 Å². The maximum Gasteiger partial charge on any atom is 0.252 e. The Bertz CT molecular complexity index is 758. The predicted octanol–water partition coefficient (Wildman–Crippen LogP) is 3.27. The second-order valence-corrected chi connectivity index (χ2v) is 5.28. The van der Waals surface area contributed by atoms with Crippen LogP contribution >= 0.6 is 22.9 Å². The van der Waals surface area contributed by atoms with Crippen molar-refractivity contribution in [1.29, 1.82) is 0 Å². The van der Waals surface area contributed by atoms with Crippen molar-refractivity contribution in [1.82, 2.24) is 15.3 Å². The quantitative estimate of drug-likeness (QED) is 0.756. The summed E-state index contributed by atoms with van der Waals surface area (Å²) in [6.45, 7) is 0.399. The first-order valence-corrected chi connectivity index (χ1v) is 7.26. The Morgan fingerprint density at radius 2 is 2.20 bits per heavy atom. The predicted molar refractivity (Wildman–Crippen MR) is 80.0 cm³/mol. The molecule has 0 aliphatic rings. The summed E-state index contributed by atoms with van der Waals surface area (Å²) < 4.78 is 0. The van der Waals surface area contributed by atoms with Crippen LogP contribution in [0.2, 0.25) is 5.15 Å². The molecule has 100 valence electrons. The van der Waals surface area contributed by atoms with Crippen molar-refractivity contribution in [3.63, 3.8) is 0 Å². The molecule has 20 heavy (non-hydrogen) atoms. The first kappa shape index (κ1) is 13.0. The van der Waals surface area contributed by atoms with E-state index in [-0.39, 0.29) is 5.91 Å². The maximum atomic E-state index is 12.3. The van der Waals surface area contributed by atoms with Crippen LogP contribution in [0.15, 0.2) is 41.2 Å². The smallest absolute Gasteiger partial charge is 0.252 e. The lowest BCUT2D eigenvalue weighted by Gasteiger charge is -2.07. The van der Waals surface area contributed by atoms with Gasteiger partial charge in [-0.15, -0.1) is 11.3 Å². The summed E-state index contributed by atoms with van der Waals surface area (Å²) in [7, 11) is 0. The van der Waals surface area contributed by atoms with Gasteiger partial charge in [0, 0.05) is 10.8 Å². The van der Waals surface area contributed by atoms with Crippen LogP contribution in [0.3, 0.4) is 0 Å². The molecule has 0 fully saturated rings. The average molecular weight is 304 g/mol. The van der Waals surface area contributed by atoms with Crippen molar-refractivity contribution in [2.24, 2.45) is 0 Å². The standard InChI is InChI=1S/C14H10ClN3OS/c15-13-5-11(10-3-1-2-4-12(10)18-13)14(19)16-6-9-7-20-8-17-9/h1-5,7-8H,6H2,(H,16,19).